The Balaban J connectivity index is 1.95. The van der Waals surface area contributed by atoms with Crippen LogP contribution in [0.25, 0.3) is 0 Å². The quantitative estimate of drug-likeness (QED) is 0.839. The van der Waals surface area contributed by atoms with Crippen LogP contribution < -0.4 is 11.1 Å². The van der Waals surface area contributed by atoms with Crippen molar-refractivity contribution in [1.29, 1.82) is 0 Å². The molecule has 2 aromatic rings. The highest BCUT2D eigenvalue weighted by Gasteiger charge is 2.00. The first-order chi connectivity index (χ1) is 8.69. The molecule has 0 spiro atoms. The van der Waals surface area contributed by atoms with Crippen molar-refractivity contribution in [2.24, 2.45) is 5.73 Å². The minimum absolute atomic E-state index is 0.411. The first kappa shape index (κ1) is 12.2. The van der Waals surface area contributed by atoms with E-state index in [9.17, 15) is 4.79 Å². The smallest absolute Gasteiger partial charge is 0.248 e. The first-order valence-corrected chi connectivity index (χ1v) is 5.84. The predicted octanol–water partition coefficient (Wildman–Crippen LogP) is 1.61. The van der Waals surface area contributed by atoms with E-state index in [0.717, 1.165) is 17.8 Å². The summed E-state index contributed by atoms with van der Waals surface area (Å²) in [6.07, 6.45) is 3.85. The monoisotopic (exact) mass is 244 g/mol. The van der Waals surface area contributed by atoms with Crippen LogP contribution in [0.4, 0.5) is 5.69 Å². The number of hydrogen-bond donors (Lipinski definition) is 2. The Bertz CT molecular complexity index is 530. The van der Waals surface area contributed by atoms with E-state index in [1.54, 1.807) is 12.1 Å². The number of primary amides is 1. The zero-order valence-electron chi connectivity index (χ0n) is 10.3. The molecule has 18 heavy (non-hydrogen) atoms. The van der Waals surface area contributed by atoms with Crippen LogP contribution in [-0.2, 0) is 13.1 Å². The maximum atomic E-state index is 10.9. The molecule has 0 saturated heterocycles. The maximum absolute atomic E-state index is 10.9. The minimum Gasteiger partial charge on any atom is -0.381 e. The number of hydrogen-bond acceptors (Lipinski definition) is 3. The molecule has 5 nitrogen and oxygen atoms in total. The Labute approximate surface area is 106 Å². The molecule has 0 aliphatic rings. The van der Waals surface area contributed by atoms with Gasteiger partial charge in [0, 0.05) is 36.1 Å². The summed E-state index contributed by atoms with van der Waals surface area (Å²) < 4.78 is 1.88. The summed E-state index contributed by atoms with van der Waals surface area (Å²) in [5, 5.41) is 7.46. The van der Waals surface area contributed by atoms with Crippen LogP contribution >= 0.6 is 0 Å². The number of aryl methyl sites for hydroxylation is 1. The van der Waals surface area contributed by atoms with E-state index in [1.165, 1.54) is 0 Å². The molecule has 1 aromatic heterocycles. The summed E-state index contributed by atoms with van der Waals surface area (Å²) in [5.74, 6) is -0.411. The van der Waals surface area contributed by atoms with Gasteiger partial charge >= 0.3 is 0 Å². The van der Waals surface area contributed by atoms with Crippen molar-refractivity contribution in [2.75, 3.05) is 5.32 Å². The van der Waals surface area contributed by atoms with Gasteiger partial charge in [-0.25, -0.2) is 0 Å². The van der Waals surface area contributed by atoms with Crippen LogP contribution in [0.1, 0.15) is 22.8 Å². The molecule has 0 unspecified atom stereocenters. The zero-order chi connectivity index (χ0) is 13.0. The summed E-state index contributed by atoms with van der Waals surface area (Å²) in [4.78, 5) is 10.9. The van der Waals surface area contributed by atoms with E-state index < -0.39 is 5.91 Å². The van der Waals surface area contributed by atoms with Gasteiger partial charge in [-0.1, -0.05) is 0 Å². The predicted molar refractivity (Wildman–Crippen MR) is 70.2 cm³/mol. The van der Waals surface area contributed by atoms with Gasteiger partial charge < -0.3 is 11.1 Å². The highest BCUT2D eigenvalue weighted by Crippen LogP contribution is 2.10. The molecule has 0 bridgehead atoms. The molecule has 5 heteroatoms. The molecule has 0 fully saturated rings. The molecular formula is C13H16N4O. The van der Waals surface area contributed by atoms with Crippen LogP contribution in [0.3, 0.4) is 0 Å². The third kappa shape index (κ3) is 2.88. The van der Waals surface area contributed by atoms with Crippen molar-refractivity contribution in [3.8, 4) is 0 Å². The number of anilines is 1. The molecule has 3 N–H and O–H groups in total. The maximum Gasteiger partial charge on any atom is 0.248 e. The Morgan fingerprint density at radius 2 is 2.11 bits per heavy atom. The number of benzene rings is 1. The second-order valence-corrected chi connectivity index (χ2v) is 4.00. The normalized spacial score (nSPS) is 10.3. The number of nitrogens with one attached hydrogen (secondary N) is 1. The molecule has 0 aliphatic heterocycles. The van der Waals surface area contributed by atoms with Gasteiger partial charge in [0.2, 0.25) is 5.91 Å². The minimum atomic E-state index is -0.411. The lowest BCUT2D eigenvalue weighted by Gasteiger charge is -2.05. The lowest BCUT2D eigenvalue weighted by atomic mass is 10.2. The van der Waals surface area contributed by atoms with Crippen LogP contribution in [0.5, 0.6) is 0 Å². The highest BCUT2D eigenvalue weighted by atomic mass is 16.1. The van der Waals surface area contributed by atoms with Gasteiger partial charge in [0.05, 0.1) is 6.20 Å². The molecule has 0 saturated carbocycles. The van der Waals surface area contributed by atoms with Crippen LogP contribution in [0.15, 0.2) is 36.7 Å². The molecule has 1 aromatic carbocycles. The van der Waals surface area contributed by atoms with E-state index in [0.29, 0.717) is 12.1 Å². The molecule has 1 heterocycles. The third-order valence-corrected chi connectivity index (χ3v) is 2.68. The summed E-state index contributed by atoms with van der Waals surface area (Å²) in [6, 6.07) is 7.09. The highest BCUT2D eigenvalue weighted by molar-refractivity contribution is 5.93. The van der Waals surface area contributed by atoms with Crippen molar-refractivity contribution in [3.05, 3.63) is 47.8 Å². The van der Waals surface area contributed by atoms with Gasteiger partial charge in [-0.05, 0) is 31.2 Å². The second kappa shape index (κ2) is 5.35. The van der Waals surface area contributed by atoms with Crippen LogP contribution in [0.2, 0.25) is 0 Å². The second-order valence-electron chi connectivity index (χ2n) is 4.00. The van der Waals surface area contributed by atoms with Gasteiger partial charge in [-0.15, -0.1) is 0 Å². The Kier molecular flexibility index (Phi) is 3.62. The van der Waals surface area contributed by atoms with Crippen molar-refractivity contribution >= 4 is 11.6 Å². The number of rotatable bonds is 5. The molecular weight excluding hydrogens is 228 g/mol. The summed E-state index contributed by atoms with van der Waals surface area (Å²) >= 11 is 0. The topological polar surface area (TPSA) is 72.9 Å². The van der Waals surface area contributed by atoms with Crippen molar-refractivity contribution in [1.82, 2.24) is 9.78 Å². The molecule has 0 radical (unpaired) electrons. The van der Waals surface area contributed by atoms with E-state index in [2.05, 4.69) is 10.4 Å². The van der Waals surface area contributed by atoms with Gasteiger partial charge in [0.1, 0.15) is 0 Å². The van der Waals surface area contributed by atoms with Gasteiger partial charge in [-0.3, -0.25) is 9.48 Å². The Morgan fingerprint density at radius 3 is 2.67 bits per heavy atom. The molecule has 94 valence electrons. The SMILES string of the molecule is CCn1cc(CNc2ccc(C(N)=O)cc2)cn1. The van der Waals surface area contributed by atoms with Crippen LogP contribution in [-0.4, -0.2) is 15.7 Å². The zero-order valence-corrected chi connectivity index (χ0v) is 10.3. The lowest BCUT2D eigenvalue weighted by molar-refractivity contribution is 0.100. The summed E-state index contributed by atoms with van der Waals surface area (Å²) in [5.41, 5.74) is 7.76. The van der Waals surface area contributed by atoms with E-state index in [1.807, 2.05) is 36.1 Å². The lowest BCUT2D eigenvalue weighted by Crippen LogP contribution is -2.10. The van der Waals surface area contributed by atoms with E-state index >= 15 is 0 Å². The van der Waals surface area contributed by atoms with Crippen LogP contribution in [0, 0.1) is 0 Å². The van der Waals surface area contributed by atoms with Crippen molar-refractivity contribution < 1.29 is 4.79 Å². The molecule has 1 amide bonds. The average molecular weight is 244 g/mol. The first-order valence-electron chi connectivity index (χ1n) is 5.84. The summed E-state index contributed by atoms with van der Waals surface area (Å²) in [6.45, 7) is 3.62. The van der Waals surface area contributed by atoms with Crippen molar-refractivity contribution in [2.45, 2.75) is 20.0 Å². The van der Waals surface area contributed by atoms with Gasteiger partial charge in [0.25, 0.3) is 0 Å². The van der Waals surface area contributed by atoms with Gasteiger partial charge in [0.15, 0.2) is 0 Å². The molecule has 2 rings (SSSR count). The summed E-state index contributed by atoms with van der Waals surface area (Å²) in [7, 11) is 0. The Morgan fingerprint density at radius 1 is 1.39 bits per heavy atom. The number of aromatic nitrogens is 2. The Hall–Kier alpha value is -2.30. The van der Waals surface area contributed by atoms with Crippen molar-refractivity contribution in [3.63, 3.8) is 0 Å². The van der Waals surface area contributed by atoms with Gasteiger partial charge in [-0.2, -0.15) is 5.10 Å². The number of nitrogens with two attached hydrogens (primary N) is 1. The number of nitrogens with zero attached hydrogens (tertiary/aromatic N) is 2. The number of amides is 1. The van der Waals surface area contributed by atoms with E-state index in [4.69, 9.17) is 5.73 Å². The fourth-order valence-electron chi connectivity index (χ4n) is 1.63. The third-order valence-electron chi connectivity index (χ3n) is 2.68. The molecule has 0 atom stereocenters. The average Bonchev–Trinajstić information content (AvgIpc) is 2.85. The fraction of sp³-hybridized carbons (Fsp3) is 0.231. The fourth-order valence-corrected chi connectivity index (χ4v) is 1.63. The standard InChI is InChI=1S/C13H16N4O/c1-2-17-9-10(8-16-17)7-15-12-5-3-11(4-6-12)13(14)18/h3-6,8-9,15H,2,7H2,1H3,(H2,14,18). The number of carbonyl (C=O) groups excluding carboxylic acids is 1. The van der Waals surface area contributed by atoms with E-state index in [-0.39, 0.29) is 0 Å². The number of carbonyl (C=O) groups is 1. The largest absolute Gasteiger partial charge is 0.381 e. The molecule has 0 aliphatic carbocycles.